The van der Waals surface area contributed by atoms with Gasteiger partial charge in [-0.1, -0.05) is 53.5 Å². The highest BCUT2D eigenvalue weighted by Crippen LogP contribution is 2.36. The first-order valence-corrected chi connectivity index (χ1v) is 16.6. The topological polar surface area (TPSA) is 112 Å². The number of fused-ring (bicyclic) bond motifs is 1. The molecule has 2 aromatic heterocycles. The Bertz CT molecular complexity index is 1840. The van der Waals surface area contributed by atoms with E-state index >= 15 is 0 Å². The molecule has 1 fully saturated rings. The summed E-state index contributed by atoms with van der Waals surface area (Å²) >= 11 is 13.3. The molecule has 1 aliphatic heterocycles. The van der Waals surface area contributed by atoms with Crippen LogP contribution in [-0.4, -0.2) is 53.1 Å². The molecule has 220 valence electrons. The second-order valence-corrected chi connectivity index (χ2v) is 14.3. The van der Waals surface area contributed by atoms with E-state index in [9.17, 15) is 18.3 Å². The average Bonchev–Trinajstić information content (AvgIpc) is 3.52. The zero-order valence-corrected chi connectivity index (χ0v) is 25.8. The van der Waals surface area contributed by atoms with Gasteiger partial charge in [-0.3, -0.25) is 0 Å². The van der Waals surface area contributed by atoms with Gasteiger partial charge in [0.25, 0.3) is 10.0 Å². The molecular weight excluding hydrogens is 627 g/mol. The van der Waals surface area contributed by atoms with Gasteiger partial charge in [-0.2, -0.15) is 14.5 Å². The first-order valence-electron chi connectivity index (χ1n) is 13.5. The van der Waals surface area contributed by atoms with E-state index in [0.29, 0.717) is 36.0 Å². The lowest BCUT2D eigenvalue weighted by Crippen LogP contribution is -2.42. The van der Waals surface area contributed by atoms with Gasteiger partial charge in [0.2, 0.25) is 0 Å². The molecule has 8 nitrogen and oxygen atoms in total. The predicted molar refractivity (Wildman–Crippen MR) is 170 cm³/mol. The van der Waals surface area contributed by atoms with E-state index in [0.717, 1.165) is 44.6 Å². The van der Waals surface area contributed by atoms with Crippen molar-refractivity contribution in [3.63, 3.8) is 0 Å². The number of halogens is 2. The Labute approximate surface area is 263 Å². The molecule has 0 aliphatic carbocycles. The van der Waals surface area contributed by atoms with Gasteiger partial charge in [-0.15, -0.1) is 11.3 Å². The highest BCUT2D eigenvalue weighted by Gasteiger charge is 2.31. The highest BCUT2D eigenvalue weighted by molar-refractivity contribution is 7.91. The lowest BCUT2D eigenvalue weighted by Gasteiger charge is -2.32. The summed E-state index contributed by atoms with van der Waals surface area (Å²) in [6.07, 6.45) is 2.87. The Morgan fingerprint density at radius 3 is 2.12 bits per heavy atom. The third-order valence-corrected chi connectivity index (χ3v) is 11.5. The summed E-state index contributed by atoms with van der Waals surface area (Å²) in [6, 6.07) is 23.0. The first kappa shape index (κ1) is 29.5. The van der Waals surface area contributed by atoms with Gasteiger partial charge in [0.05, 0.1) is 23.0 Å². The van der Waals surface area contributed by atoms with E-state index in [4.69, 9.17) is 23.2 Å². The van der Waals surface area contributed by atoms with Crippen molar-refractivity contribution in [3.05, 3.63) is 117 Å². The lowest BCUT2D eigenvalue weighted by atomic mass is 9.84. The molecule has 0 amide bonds. The highest BCUT2D eigenvalue weighted by atomic mass is 35.5. The van der Waals surface area contributed by atoms with Gasteiger partial charge in [-0.05, 0) is 72.0 Å². The quantitative estimate of drug-likeness (QED) is 0.171. The fourth-order valence-electron chi connectivity index (χ4n) is 5.41. The Kier molecular flexibility index (Phi) is 8.39. The van der Waals surface area contributed by atoms with Crippen LogP contribution in [0.5, 0.6) is 0 Å². The normalized spacial score (nSPS) is 14.8. The number of hydrogen-bond acceptors (Lipinski definition) is 7. The van der Waals surface area contributed by atoms with Crippen molar-refractivity contribution < 1.29 is 18.3 Å². The number of nitrogens with one attached hydrogen (secondary N) is 1. The Morgan fingerprint density at radius 1 is 0.930 bits per heavy atom. The minimum absolute atomic E-state index is 0.0174. The van der Waals surface area contributed by atoms with E-state index < -0.39 is 16.0 Å². The molecule has 0 radical (unpaired) electrons. The maximum absolute atomic E-state index is 13.1. The summed E-state index contributed by atoms with van der Waals surface area (Å²) in [6.45, 7) is 0.633. The molecule has 43 heavy (non-hydrogen) atoms. The zero-order valence-electron chi connectivity index (χ0n) is 22.7. The van der Waals surface area contributed by atoms with E-state index in [1.165, 1.54) is 15.8 Å². The number of aromatic nitrogens is 2. The van der Waals surface area contributed by atoms with E-state index in [1.807, 2.05) is 54.6 Å². The molecule has 3 heterocycles. The van der Waals surface area contributed by atoms with Crippen molar-refractivity contribution in [2.24, 2.45) is 0 Å². The number of hydrogen-bond donors (Lipinski definition) is 2. The molecule has 5 aromatic rings. The van der Waals surface area contributed by atoms with Gasteiger partial charge >= 0.3 is 5.97 Å². The molecule has 0 unspecified atom stereocenters. The number of rotatable bonds is 8. The van der Waals surface area contributed by atoms with Crippen molar-refractivity contribution in [3.8, 4) is 0 Å². The smallest absolute Gasteiger partial charge is 0.336 e. The van der Waals surface area contributed by atoms with E-state index in [-0.39, 0.29) is 21.7 Å². The fraction of sp³-hybridized carbons (Fsp3) is 0.194. The number of piperidine rings is 1. The van der Waals surface area contributed by atoms with Crippen LogP contribution in [-0.2, 0) is 10.0 Å². The second kappa shape index (κ2) is 12.2. The maximum Gasteiger partial charge on any atom is 0.336 e. The van der Waals surface area contributed by atoms with Crippen LogP contribution in [0.1, 0.15) is 45.8 Å². The van der Waals surface area contributed by atoms with Crippen molar-refractivity contribution >= 4 is 67.1 Å². The summed E-state index contributed by atoms with van der Waals surface area (Å²) in [5.74, 6) is -1.22. The van der Waals surface area contributed by atoms with E-state index in [1.54, 1.807) is 6.20 Å². The molecule has 2 N–H and O–H groups in total. The number of anilines is 1. The van der Waals surface area contributed by atoms with Crippen molar-refractivity contribution in [2.75, 3.05) is 18.4 Å². The van der Waals surface area contributed by atoms with E-state index in [2.05, 4.69) is 27.6 Å². The number of thiophene rings is 1. The van der Waals surface area contributed by atoms with Crippen LogP contribution < -0.4 is 5.32 Å². The molecule has 1 aliphatic rings. The summed E-state index contributed by atoms with van der Waals surface area (Å²) in [5.41, 5.74) is 4.77. The summed E-state index contributed by atoms with van der Waals surface area (Å²) < 4.78 is 27.7. The van der Waals surface area contributed by atoms with Gasteiger partial charge in [0.15, 0.2) is 0 Å². The Hall–Kier alpha value is -3.54. The molecule has 0 saturated carbocycles. The third kappa shape index (κ3) is 6.25. The summed E-state index contributed by atoms with van der Waals surface area (Å²) in [4.78, 5) is 11.2. The first-order chi connectivity index (χ1) is 20.7. The van der Waals surface area contributed by atoms with Crippen LogP contribution in [0.3, 0.4) is 0 Å². The van der Waals surface area contributed by atoms with Crippen LogP contribution in [0.2, 0.25) is 10.0 Å². The lowest BCUT2D eigenvalue weighted by molar-refractivity contribution is 0.0697. The molecule has 12 heteroatoms. The SMILES string of the molecule is O=C(O)c1csc(S(=O)(=O)N2CCC(Nc3cnnc4ccc(C(c5ccc(Cl)cc5)c5ccc(Cl)cc5)cc34)CC2)c1. The summed E-state index contributed by atoms with van der Waals surface area (Å²) in [5, 5.41) is 24.9. The molecule has 6 rings (SSSR count). The number of carboxylic acid groups (broad SMARTS) is 1. The maximum atomic E-state index is 13.1. The Balaban J connectivity index is 1.25. The van der Waals surface area contributed by atoms with Crippen LogP contribution in [0, 0.1) is 0 Å². The molecular formula is C31H26Cl2N4O4S2. The van der Waals surface area contributed by atoms with Crippen LogP contribution in [0.4, 0.5) is 5.69 Å². The second-order valence-electron chi connectivity index (χ2n) is 10.4. The third-order valence-electron chi connectivity index (χ3n) is 7.63. The molecule has 3 aromatic carbocycles. The van der Waals surface area contributed by atoms with Gasteiger partial charge in [0.1, 0.15) is 4.21 Å². The molecule has 0 atom stereocenters. The van der Waals surface area contributed by atoms with Gasteiger partial charge in [0, 0.05) is 45.9 Å². The average molecular weight is 654 g/mol. The number of sulfonamides is 1. The number of carboxylic acids is 1. The standard InChI is InChI=1S/C31H26Cl2N4O4S2/c32-23-6-1-19(2-7-23)30(20-3-8-24(33)9-4-20)21-5-10-27-26(15-21)28(17-34-36-27)35-25-11-13-37(14-12-25)43(40,41)29-16-22(18-42-29)31(38)39/h1-10,15-18,25,30H,11-14H2,(H,35,36)(H,38,39). The number of carbonyl (C=O) groups is 1. The zero-order chi connectivity index (χ0) is 30.1. The van der Waals surface area contributed by atoms with Crippen LogP contribution in [0.15, 0.2) is 88.6 Å². The summed E-state index contributed by atoms with van der Waals surface area (Å²) in [7, 11) is -3.76. The number of aromatic carboxylic acids is 1. The predicted octanol–water partition coefficient (Wildman–Crippen LogP) is 7.14. The minimum Gasteiger partial charge on any atom is -0.478 e. The number of nitrogens with zero attached hydrogens (tertiary/aromatic N) is 3. The van der Waals surface area contributed by atoms with Crippen molar-refractivity contribution in [1.82, 2.24) is 14.5 Å². The molecule has 1 saturated heterocycles. The van der Waals surface area contributed by atoms with Crippen LogP contribution in [0.25, 0.3) is 10.9 Å². The monoisotopic (exact) mass is 652 g/mol. The van der Waals surface area contributed by atoms with Crippen LogP contribution >= 0.6 is 34.5 Å². The Morgan fingerprint density at radius 2 is 1.53 bits per heavy atom. The minimum atomic E-state index is -3.76. The van der Waals surface area contributed by atoms with Gasteiger partial charge in [-0.25, -0.2) is 13.2 Å². The molecule has 0 spiro atoms. The molecule has 0 bridgehead atoms. The fourth-order valence-corrected chi connectivity index (χ4v) is 8.44. The van der Waals surface area contributed by atoms with Crippen molar-refractivity contribution in [2.45, 2.75) is 29.0 Å². The van der Waals surface area contributed by atoms with Gasteiger partial charge < -0.3 is 10.4 Å². The largest absolute Gasteiger partial charge is 0.478 e. The number of benzene rings is 3. The van der Waals surface area contributed by atoms with Crippen molar-refractivity contribution in [1.29, 1.82) is 0 Å².